The predicted molar refractivity (Wildman–Crippen MR) is 116 cm³/mol. The molecule has 2 fully saturated rings. The fraction of sp³-hybridized carbons (Fsp3) is 0.545. The lowest BCUT2D eigenvalue weighted by Crippen LogP contribution is -2.44. The van der Waals surface area contributed by atoms with Crippen molar-refractivity contribution in [3.63, 3.8) is 0 Å². The molecule has 0 saturated carbocycles. The summed E-state index contributed by atoms with van der Waals surface area (Å²) in [6.45, 7) is 7.11. The van der Waals surface area contributed by atoms with Gasteiger partial charge < -0.3 is 19.7 Å². The van der Waals surface area contributed by atoms with Crippen LogP contribution in [-0.4, -0.2) is 70.3 Å². The van der Waals surface area contributed by atoms with Crippen LogP contribution < -0.4 is 4.90 Å². The Morgan fingerprint density at radius 1 is 1.35 bits per heavy atom. The summed E-state index contributed by atoms with van der Waals surface area (Å²) >= 11 is 0. The third-order valence-corrected chi connectivity index (χ3v) is 5.53. The largest absolute Gasteiger partial charge is 0.483 e. The summed E-state index contributed by atoms with van der Waals surface area (Å²) < 4.78 is 5.94. The third kappa shape index (κ3) is 6.26. The van der Waals surface area contributed by atoms with Crippen molar-refractivity contribution in [2.75, 3.05) is 37.7 Å². The van der Waals surface area contributed by atoms with E-state index in [2.05, 4.69) is 37.7 Å². The second-order valence-corrected chi connectivity index (χ2v) is 7.96. The second-order valence-electron chi connectivity index (χ2n) is 7.96. The first-order valence-corrected chi connectivity index (χ1v) is 10.7. The first-order valence-electron chi connectivity index (χ1n) is 10.7. The van der Waals surface area contributed by atoms with Gasteiger partial charge in [0.15, 0.2) is 0 Å². The molecule has 0 aliphatic carbocycles. The molecule has 0 unspecified atom stereocenters. The summed E-state index contributed by atoms with van der Waals surface area (Å²) in [6.07, 6.45) is 5.35. The highest BCUT2D eigenvalue weighted by Crippen LogP contribution is 2.25. The quantitative estimate of drug-likeness (QED) is 0.674. The number of aryl methyl sites for hydroxylation is 1. The zero-order valence-electron chi connectivity index (χ0n) is 17.9. The Morgan fingerprint density at radius 2 is 2.19 bits per heavy atom. The molecule has 2 atom stereocenters. The van der Waals surface area contributed by atoms with Gasteiger partial charge in [-0.2, -0.15) is 5.26 Å². The maximum atomic E-state index is 9.19. The van der Waals surface area contributed by atoms with Crippen LogP contribution in [0.1, 0.15) is 37.0 Å². The number of hydrogen-bond donors (Lipinski definition) is 2. The third-order valence-electron chi connectivity index (χ3n) is 5.53. The van der Waals surface area contributed by atoms with Crippen molar-refractivity contribution in [3.8, 4) is 6.07 Å². The molecule has 0 spiro atoms. The minimum Gasteiger partial charge on any atom is -0.483 e. The van der Waals surface area contributed by atoms with Crippen LogP contribution in [0.2, 0.25) is 0 Å². The molecule has 4 rings (SSSR count). The number of nitriles is 1. The topological polar surface area (TPSA) is 118 Å². The number of rotatable bonds is 6. The highest BCUT2D eigenvalue weighted by molar-refractivity contribution is 5.43. The van der Waals surface area contributed by atoms with Gasteiger partial charge >= 0.3 is 0 Å². The highest BCUT2D eigenvalue weighted by atomic mass is 16.5. The average molecular weight is 427 g/mol. The van der Waals surface area contributed by atoms with E-state index in [1.807, 2.05) is 18.3 Å². The highest BCUT2D eigenvalue weighted by Gasteiger charge is 2.34. The Labute approximate surface area is 182 Å². The molecule has 31 heavy (non-hydrogen) atoms. The fourth-order valence-electron chi connectivity index (χ4n) is 4.19. The van der Waals surface area contributed by atoms with E-state index in [9.17, 15) is 5.26 Å². The van der Waals surface area contributed by atoms with Gasteiger partial charge in [-0.15, -0.1) is 0 Å². The summed E-state index contributed by atoms with van der Waals surface area (Å²) in [6, 6.07) is 8.05. The predicted octanol–water partition coefficient (Wildman–Crippen LogP) is 2.06. The molecule has 0 radical (unpaired) electrons. The van der Waals surface area contributed by atoms with Crippen LogP contribution in [0.25, 0.3) is 0 Å². The van der Waals surface area contributed by atoms with Gasteiger partial charge in [0, 0.05) is 50.4 Å². The molecule has 0 aromatic carbocycles. The van der Waals surface area contributed by atoms with Crippen LogP contribution in [-0.2, 0) is 22.5 Å². The number of carbonyl (C=O) groups is 1. The molecule has 0 amide bonds. The van der Waals surface area contributed by atoms with Gasteiger partial charge in [0.05, 0.1) is 19.3 Å². The van der Waals surface area contributed by atoms with E-state index in [-0.39, 0.29) is 12.5 Å². The lowest BCUT2D eigenvalue weighted by molar-refractivity contribution is -0.122. The monoisotopic (exact) mass is 426 g/mol. The standard InChI is InChI=1S/C21H28N6O.CH2O2/c1-2-3-6-20-23-9-18(24-20)12-26-10-16-11-27(19(13-26)15-28-14-16)21-7-4-5-17(8-22)25-21;2-1-3/h4-5,7,9,16,19H,2-3,6,10-15H2,1H3,(H,23,24);1H,(H,2,3)/t16-,19-;/m0./s1. The smallest absolute Gasteiger partial charge is 0.290 e. The van der Waals surface area contributed by atoms with Crippen LogP contribution >= 0.6 is 0 Å². The summed E-state index contributed by atoms with van der Waals surface area (Å²) in [7, 11) is 0. The summed E-state index contributed by atoms with van der Waals surface area (Å²) in [5, 5.41) is 16.1. The number of fused-ring (bicyclic) bond motifs is 3. The summed E-state index contributed by atoms with van der Waals surface area (Å²) in [4.78, 5) is 25.8. The molecule has 2 aromatic heterocycles. The van der Waals surface area contributed by atoms with Crippen molar-refractivity contribution in [3.05, 3.63) is 41.6 Å². The Hall–Kier alpha value is -2.96. The van der Waals surface area contributed by atoms with Crippen molar-refractivity contribution in [2.24, 2.45) is 5.92 Å². The number of pyridine rings is 1. The fourth-order valence-corrected chi connectivity index (χ4v) is 4.19. The number of aromatic nitrogens is 3. The van der Waals surface area contributed by atoms with E-state index in [0.717, 1.165) is 50.8 Å². The van der Waals surface area contributed by atoms with Crippen molar-refractivity contribution in [1.82, 2.24) is 19.9 Å². The van der Waals surface area contributed by atoms with E-state index in [1.165, 1.54) is 18.5 Å². The van der Waals surface area contributed by atoms with Crippen molar-refractivity contribution in [1.29, 1.82) is 5.26 Å². The summed E-state index contributed by atoms with van der Waals surface area (Å²) in [5.41, 5.74) is 1.65. The number of ether oxygens (including phenoxy) is 1. The molecule has 2 aliphatic heterocycles. The molecule has 9 heteroatoms. The van der Waals surface area contributed by atoms with Gasteiger partial charge in [-0.1, -0.05) is 19.4 Å². The number of aromatic amines is 1. The number of imidazole rings is 1. The van der Waals surface area contributed by atoms with E-state index < -0.39 is 0 Å². The zero-order valence-corrected chi connectivity index (χ0v) is 17.9. The number of carboxylic acid groups (broad SMARTS) is 1. The molecule has 2 N–H and O–H groups in total. The van der Waals surface area contributed by atoms with E-state index >= 15 is 0 Å². The number of nitrogens with one attached hydrogen (secondary N) is 1. The van der Waals surface area contributed by atoms with Gasteiger partial charge in [-0.3, -0.25) is 9.69 Å². The van der Waals surface area contributed by atoms with Crippen LogP contribution in [0.3, 0.4) is 0 Å². The van der Waals surface area contributed by atoms with Crippen LogP contribution in [0.4, 0.5) is 5.82 Å². The van der Waals surface area contributed by atoms with Gasteiger partial charge in [0.2, 0.25) is 0 Å². The maximum Gasteiger partial charge on any atom is 0.290 e. The minimum absolute atomic E-state index is 0.233. The summed E-state index contributed by atoms with van der Waals surface area (Å²) in [5.74, 6) is 2.39. The molecule has 9 nitrogen and oxygen atoms in total. The molecular formula is C22H30N6O3. The van der Waals surface area contributed by atoms with Gasteiger partial charge in [-0.05, 0) is 18.6 Å². The molecule has 166 valence electrons. The normalized spacial score (nSPS) is 20.8. The van der Waals surface area contributed by atoms with E-state index in [4.69, 9.17) is 14.6 Å². The molecule has 2 bridgehead atoms. The Morgan fingerprint density at radius 3 is 2.97 bits per heavy atom. The number of anilines is 1. The van der Waals surface area contributed by atoms with Crippen LogP contribution in [0, 0.1) is 17.2 Å². The molecular weight excluding hydrogens is 396 g/mol. The van der Waals surface area contributed by atoms with Gasteiger partial charge in [0.1, 0.15) is 23.4 Å². The zero-order chi connectivity index (χ0) is 22.1. The number of unbranched alkanes of at least 4 members (excludes halogenated alkanes) is 1. The van der Waals surface area contributed by atoms with Crippen molar-refractivity contribution >= 4 is 12.3 Å². The number of H-pyrrole nitrogens is 1. The maximum absolute atomic E-state index is 9.19. The molecule has 2 aromatic rings. The second kappa shape index (κ2) is 11.4. The van der Waals surface area contributed by atoms with Crippen molar-refractivity contribution < 1.29 is 14.6 Å². The molecule has 4 heterocycles. The van der Waals surface area contributed by atoms with E-state index in [0.29, 0.717) is 18.2 Å². The molecule has 2 saturated heterocycles. The Kier molecular flexibility index (Phi) is 8.38. The van der Waals surface area contributed by atoms with Gasteiger partial charge in [0.25, 0.3) is 6.47 Å². The first kappa shape index (κ1) is 22.7. The lowest BCUT2D eigenvalue weighted by atomic mass is 10.1. The number of hydrogen-bond acceptors (Lipinski definition) is 7. The molecule has 2 aliphatic rings. The SMILES string of the molecule is CCCCc1ncc(CN2C[C@@H]3COC[C@H](C2)N(c2cccc(C#N)n2)C3)[nH]1.O=CO. The first-order chi connectivity index (χ1) is 15.2. The average Bonchev–Trinajstić information content (AvgIpc) is 3.01. The Balaban J connectivity index is 0.000000858. The van der Waals surface area contributed by atoms with Crippen LogP contribution in [0.15, 0.2) is 24.4 Å². The Bertz CT molecular complexity index is 880. The van der Waals surface area contributed by atoms with E-state index in [1.54, 1.807) is 6.07 Å². The lowest BCUT2D eigenvalue weighted by Gasteiger charge is -2.31. The van der Waals surface area contributed by atoms with Crippen LogP contribution in [0.5, 0.6) is 0 Å². The minimum atomic E-state index is -0.250. The number of nitrogens with zero attached hydrogens (tertiary/aromatic N) is 5. The van der Waals surface area contributed by atoms with Crippen molar-refractivity contribution in [2.45, 2.75) is 38.8 Å². The van der Waals surface area contributed by atoms with Gasteiger partial charge in [-0.25, -0.2) is 9.97 Å².